The van der Waals surface area contributed by atoms with E-state index in [4.69, 9.17) is 0 Å². The summed E-state index contributed by atoms with van der Waals surface area (Å²) in [4.78, 5) is 14.7. The second-order valence-corrected chi connectivity index (χ2v) is 8.96. The van der Waals surface area contributed by atoms with Gasteiger partial charge >= 0.3 is 0 Å². The molecule has 7 heteroatoms. The van der Waals surface area contributed by atoms with Crippen molar-refractivity contribution in [3.63, 3.8) is 0 Å². The number of carbonyl (C=O) groups excluding carboxylic acids is 1. The van der Waals surface area contributed by atoms with Crippen molar-refractivity contribution in [2.24, 2.45) is 0 Å². The third kappa shape index (κ3) is 4.04. The molecular formula is C19H29N3O3S. The number of amides is 1. The van der Waals surface area contributed by atoms with E-state index in [9.17, 15) is 13.2 Å². The van der Waals surface area contributed by atoms with Gasteiger partial charge in [-0.25, -0.2) is 8.42 Å². The SMILES string of the molecule is CCNC(=O)c1ccc(N2CCCCC2)c(S(=O)(=O)N2CCCCC2)c1. The highest BCUT2D eigenvalue weighted by Gasteiger charge is 2.31. The maximum absolute atomic E-state index is 13.4. The van der Waals surface area contributed by atoms with Crippen molar-refractivity contribution in [3.8, 4) is 0 Å². The van der Waals surface area contributed by atoms with Gasteiger partial charge < -0.3 is 10.2 Å². The Kier molecular flexibility index (Phi) is 6.19. The number of anilines is 1. The van der Waals surface area contributed by atoms with Gasteiger partial charge in [0.15, 0.2) is 0 Å². The van der Waals surface area contributed by atoms with Crippen molar-refractivity contribution in [1.29, 1.82) is 0 Å². The van der Waals surface area contributed by atoms with E-state index in [1.165, 1.54) is 6.42 Å². The summed E-state index contributed by atoms with van der Waals surface area (Å²) in [5.74, 6) is -0.229. The van der Waals surface area contributed by atoms with E-state index >= 15 is 0 Å². The Balaban J connectivity index is 2.02. The number of piperidine rings is 2. The minimum Gasteiger partial charge on any atom is -0.370 e. The molecule has 2 fully saturated rings. The maximum Gasteiger partial charge on any atom is 0.251 e. The Morgan fingerprint density at radius 1 is 1.00 bits per heavy atom. The van der Waals surface area contributed by atoms with Crippen molar-refractivity contribution in [3.05, 3.63) is 23.8 Å². The van der Waals surface area contributed by atoms with E-state index < -0.39 is 10.0 Å². The van der Waals surface area contributed by atoms with Crippen LogP contribution in [-0.4, -0.2) is 51.4 Å². The third-order valence-electron chi connectivity index (χ3n) is 5.19. The normalized spacial score (nSPS) is 19.3. The average molecular weight is 380 g/mol. The van der Waals surface area contributed by atoms with Crippen LogP contribution in [0.3, 0.4) is 0 Å². The summed E-state index contributed by atoms with van der Waals surface area (Å²) in [6.07, 6.45) is 6.19. The Hall–Kier alpha value is -1.60. The minimum atomic E-state index is -3.60. The molecule has 3 rings (SSSR count). The quantitative estimate of drug-likeness (QED) is 0.854. The molecule has 0 unspecified atom stereocenters. The molecule has 2 aliphatic rings. The topological polar surface area (TPSA) is 69.7 Å². The molecule has 0 aliphatic carbocycles. The molecule has 1 N–H and O–H groups in total. The first kappa shape index (κ1) is 19.2. The molecule has 0 spiro atoms. The zero-order chi connectivity index (χ0) is 18.6. The summed E-state index contributed by atoms with van der Waals surface area (Å²) in [6, 6.07) is 5.12. The van der Waals surface area contributed by atoms with Gasteiger partial charge in [-0.3, -0.25) is 4.79 Å². The van der Waals surface area contributed by atoms with E-state index in [0.29, 0.717) is 25.2 Å². The largest absolute Gasteiger partial charge is 0.370 e. The lowest BCUT2D eigenvalue weighted by atomic mass is 10.1. The monoisotopic (exact) mass is 379 g/mol. The summed E-state index contributed by atoms with van der Waals surface area (Å²) in [5.41, 5.74) is 1.14. The van der Waals surface area contributed by atoms with Gasteiger partial charge in [-0.15, -0.1) is 0 Å². The van der Waals surface area contributed by atoms with E-state index in [0.717, 1.165) is 50.9 Å². The Labute approximate surface area is 156 Å². The Morgan fingerprint density at radius 3 is 2.23 bits per heavy atom. The molecule has 0 radical (unpaired) electrons. The number of hydrogen-bond acceptors (Lipinski definition) is 4. The zero-order valence-electron chi connectivity index (χ0n) is 15.5. The first-order valence-electron chi connectivity index (χ1n) is 9.71. The fourth-order valence-corrected chi connectivity index (χ4v) is 5.52. The third-order valence-corrected chi connectivity index (χ3v) is 7.12. The lowest BCUT2D eigenvalue weighted by Gasteiger charge is -2.33. The van der Waals surface area contributed by atoms with Crippen LogP contribution < -0.4 is 10.2 Å². The number of benzene rings is 1. The van der Waals surface area contributed by atoms with E-state index in [-0.39, 0.29) is 10.8 Å². The van der Waals surface area contributed by atoms with Crippen LogP contribution >= 0.6 is 0 Å². The lowest BCUT2D eigenvalue weighted by Crippen LogP contribution is -2.38. The summed E-state index contributed by atoms with van der Waals surface area (Å²) in [5, 5.41) is 2.76. The fraction of sp³-hybridized carbons (Fsp3) is 0.632. The molecule has 1 aromatic carbocycles. The summed E-state index contributed by atoms with van der Waals surface area (Å²) in [7, 11) is -3.60. The zero-order valence-corrected chi connectivity index (χ0v) is 16.4. The van der Waals surface area contributed by atoms with Gasteiger partial charge in [0.05, 0.1) is 5.69 Å². The highest BCUT2D eigenvalue weighted by molar-refractivity contribution is 7.89. The van der Waals surface area contributed by atoms with Crippen molar-refractivity contribution >= 4 is 21.6 Å². The van der Waals surface area contributed by atoms with Gasteiger partial charge in [-0.1, -0.05) is 6.42 Å². The molecule has 0 aromatic heterocycles. The Morgan fingerprint density at radius 2 is 1.62 bits per heavy atom. The first-order chi connectivity index (χ1) is 12.5. The molecule has 2 aliphatic heterocycles. The fourth-order valence-electron chi connectivity index (χ4n) is 3.76. The lowest BCUT2D eigenvalue weighted by molar-refractivity contribution is 0.0955. The average Bonchev–Trinajstić information content (AvgIpc) is 2.69. The van der Waals surface area contributed by atoms with Gasteiger partial charge in [-0.2, -0.15) is 4.31 Å². The van der Waals surface area contributed by atoms with E-state index in [1.54, 1.807) is 16.4 Å². The van der Waals surface area contributed by atoms with Crippen LogP contribution in [0.1, 0.15) is 55.8 Å². The highest BCUT2D eigenvalue weighted by atomic mass is 32.2. The smallest absolute Gasteiger partial charge is 0.251 e. The van der Waals surface area contributed by atoms with Gasteiger partial charge in [0, 0.05) is 38.3 Å². The molecule has 1 amide bonds. The van der Waals surface area contributed by atoms with Crippen molar-refractivity contribution in [2.45, 2.75) is 50.3 Å². The molecule has 144 valence electrons. The molecule has 1 aromatic rings. The predicted octanol–water partition coefficient (Wildman–Crippen LogP) is 2.60. The first-order valence-corrected chi connectivity index (χ1v) is 11.2. The molecular weight excluding hydrogens is 350 g/mol. The van der Waals surface area contributed by atoms with Crippen LogP contribution in [0, 0.1) is 0 Å². The van der Waals surface area contributed by atoms with Crippen LogP contribution in [-0.2, 0) is 10.0 Å². The number of rotatable bonds is 5. The second kappa shape index (κ2) is 8.39. The minimum absolute atomic E-state index is 0.229. The van der Waals surface area contributed by atoms with Crippen LogP contribution in [0.2, 0.25) is 0 Å². The van der Waals surface area contributed by atoms with E-state index in [1.807, 2.05) is 13.0 Å². The molecule has 6 nitrogen and oxygen atoms in total. The van der Waals surface area contributed by atoms with Crippen molar-refractivity contribution in [1.82, 2.24) is 9.62 Å². The van der Waals surface area contributed by atoms with Crippen LogP contribution in [0.4, 0.5) is 5.69 Å². The van der Waals surface area contributed by atoms with Crippen molar-refractivity contribution in [2.75, 3.05) is 37.6 Å². The van der Waals surface area contributed by atoms with Crippen LogP contribution in [0.15, 0.2) is 23.1 Å². The van der Waals surface area contributed by atoms with Gasteiger partial charge in [0.1, 0.15) is 4.90 Å². The molecule has 26 heavy (non-hydrogen) atoms. The number of hydrogen-bond donors (Lipinski definition) is 1. The van der Waals surface area contributed by atoms with Gasteiger partial charge in [0.2, 0.25) is 10.0 Å². The van der Waals surface area contributed by atoms with Gasteiger partial charge in [-0.05, 0) is 57.2 Å². The number of nitrogens with zero attached hydrogens (tertiary/aromatic N) is 2. The number of nitrogens with one attached hydrogen (secondary N) is 1. The van der Waals surface area contributed by atoms with Crippen LogP contribution in [0.5, 0.6) is 0 Å². The molecule has 2 heterocycles. The standard InChI is InChI=1S/C19H29N3O3S/c1-2-20-19(23)16-9-10-17(21-11-5-3-6-12-21)18(15-16)26(24,25)22-13-7-4-8-14-22/h9-10,15H,2-8,11-14H2,1H3,(H,20,23). The van der Waals surface area contributed by atoms with Crippen molar-refractivity contribution < 1.29 is 13.2 Å². The molecule has 0 atom stereocenters. The predicted molar refractivity (Wildman–Crippen MR) is 103 cm³/mol. The number of sulfonamides is 1. The second-order valence-electron chi connectivity index (χ2n) is 7.05. The molecule has 0 bridgehead atoms. The maximum atomic E-state index is 13.4. The summed E-state index contributed by atoms with van der Waals surface area (Å²) >= 11 is 0. The molecule has 2 saturated heterocycles. The number of carbonyl (C=O) groups is 1. The highest BCUT2D eigenvalue weighted by Crippen LogP contribution is 2.32. The summed E-state index contributed by atoms with van der Waals surface area (Å²) < 4.78 is 28.3. The van der Waals surface area contributed by atoms with Crippen LogP contribution in [0.25, 0.3) is 0 Å². The van der Waals surface area contributed by atoms with E-state index in [2.05, 4.69) is 10.2 Å². The summed E-state index contributed by atoms with van der Waals surface area (Å²) in [6.45, 7) is 5.22. The van der Waals surface area contributed by atoms with Gasteiger partial charge in [0.25, 0.3) is 5.91 Å². The molecule has 0 saturated carbocycles. The Bertz CT molecular complexity index is 736.